The van der Waals surface area contributed by atoms with Crippen molar-refractivity contribution in [2.45, 2.75) is 31.4 Å². The van der Waals surface area contributed by atoms with Crippen LogP contribution in [0.25, 0.3) is 0 Å². The number of unbranched alkanes of at least 4 members (excludes halogenated alkanes) is 1. The molecule has 7 heteroatoms. The molecule has 0 radical (unpaired) electrons. The first kappa shape index (κ1) is 19.4. The molecule has 1 amide bonds. The minimum atomic E-state index is -1.79. The van der Waals surface area contributed by atoms with Crippen LogP contribution in [0, 0.1) is 0 Å². The highest BCUT2D eigenvalue weighted by molar-refractivity contribution is 6.06. The third kappa shape index (κ3) is 5.71. The van der Waals surface area contributed by atoms with Crippen molar-refractivity contribution in [3.05, 3.63) is 35.9 Å². The lowest BCUT2D eigenvalue weighted by molar-refractivity contribution is -0.155. The molecule has 6 N–H and O–H groups in total. The molecule has 0 saturated carbocycles. The highest BCUT2D eigenvalue weighted by Gasteiger charge is 2.41. The molecule has 1 aromatic carbocycles. The molecule has 0 heterocycles. The number of halogens is 1. The first-order valence-electron chi connectivity index (χ1n) is 6.50. The summed E-state index contributed by atoms with van der Waals surface area (Å²) in [7, 11) is 0. The van der Waals surface area contributed by atoms with Crippen molar-refractivity contribution in [2.75, 3.05) is 6.54 Å². The Kier molecular flexibility index (Phi) is 8.61. The van der Waals surface area contributed by atoms with Crippen molar-refractivity contribution in [2.24, 2.45) is 17.2 Å². The molecule has 0 aromatic heterocycles. The predicted octanol–water partition coefficient (Wildman–Crippen LogP) is 0.463. The molecule has 21 heavy (non-hydrogen) atoms. The van der Waals surface area contributed by atoms with Gasteiger partial charge in [-0.25, -0.2) is 4.79 Å². The van der Waals surface area contributed by atoms with E-state index in [1.165, 1.54) is 0 Å². The van der Waals surface area contributed by atoms with Gasteiger partial charge in [0.2, 0.25) is 5.91 Å². The number of hydrogen-bond donors (Lipinski definition) is 3. The largest absolute Gasteiger partial charge is 0.459 e. The summed E-state index contributed by atoms with van der Waals surface area (Å²) in [5, 5.41) is 0. The zero-order valence-corrected chi connectivity index (χ0v) is 12.6. The van der Waals surface area contributed by atoms with E-state index in [9.17, 15) is 9.59 Å². The molecule has 0 aliphatic rings. The average molecular weight is 316 g/mol. The predicted molar refractivity (Wildman–Crippen MR) is 82.5 cm³/mol. The first-order valence-corrected chi connectivity index (χ1v) is 6.50. The summed E-state index contributed by atoms with van der Waals surface area (Å²) in [4.78, 5) is 23.4. The van der Waals surface area contributed by atoms with Crippen molar-refractivity contribution in [1.82, 2.24) is 0 Å². The second kappa shape index (κ2) is 9.33. The van der Waals surface area contributed by atoms with Gasteiger partial charge in [-0.1, -0.05) is 30.3 Å². The number of amides is 1. The Morgan fingerprint density at radius 2 is 1.76 bits per heavy atom. The van der Waals surface area contributed by atoms with Crippen LogP contribution < -0.4 is 17.2 Å². The maximum atomic E-state index is 12.0. The van der Waals surface area contributed by atoms with E-state index in [0.717, 1.165) is 5.56 Å². The van der Waals surface area contributed by atoms with Gasteiger partial charge < -0.3 is 21.9 Å². The van der Waals surface area contributed by atoms with E-state index in [-0.39, 0.29) is 25.4 Å². The molecular formula is C14H22ClN3O3. The van der Waals surface area contributed by atoms with Crippen molar-refractivity contribution in [1.29, 1.82) is 0 Å². The van der Waals surface area contributed by atoms with Crippen LogP contribution in [0.15, 0.2) is 30.3 Å². The molecule has 1 rings (SSSR count). The van der Waals surface area contributed by atoms with E-state index in [4.69, 9.17) is 21.9 Å². The number of ether oxygens (including phenoxy) is 1. The summed E-state index contributed by atoms with van der Waals surface area (Å²) in [5.74, 6) is -1.68. The van der Waals surface area contributed by atoms with Crippen LogP contribution in [0.2, 0.25) is 0 Å². The van der Waals surface area contributed by atoms with E-state index >= 15 is 0 Å². The van der Waals surface area contributed by atoms with Gasteiger partial charge >= 0.3 is 5.97 Å². The van der Waals surface area contributed by atoms with E-state index in [0.29, 0.717) is 19.4 Å². The lowest BCUT2D eigenvalue weighted by Crippen LogP contribution is -2.58. The number of carbonyl (C=O) groups excluding carboxylic acids is 2. The van der Waals surface area contributed by atoms with Gasteiger partial charge in [-0.3, -0.25) is 4.79 Å². The van der Waals surface area contributed by atoms with Crippen molar-refractivity contribution in [3.8, 4) is 0 Å². The first-order chi connectivity index (χ1) is 9.50. The number of carbonyl (C=O) groups is 2. The molecule has 118 valence electrons. The number of nitrogens with two attached hydrogens (primary N) is 3. The Balaban J connectivity index is 0.00000400. The van der Waals surface area contributed by atoms with E-state index in [2.05, 4.69) is 0 Å². The highest BCUT2D eigenvalue weighted by Crippen LogP contribution is 2.14. The normalized spacial score (nSPS) is 12.9. The average Bonchev–Trinajstić information content (AvgIpc) is 2.45. The van der Waals surface area contributed by atoms with Crippen molar-refractivity contribution < 1.29 is 14.3 Å². The molecule has 0 spiro atoms. The standard InChI is InChI=1S/C14H21N3O3.ClH/c15-9-5-4-8-14(17,12(16)18)13(19)20-10-11-6-2-1-3-7-11;/h1-3,6-7H,4-5,8-10,15,17H2,(H2,16,18);1H. The van der Waals surface area contributed by atoms with Gasteiger partial charge in [-0.2, -0.15) is 0 Å². The number of esters is 1. The van der Waals surface area contributed by atoms with Gasteiger partial charge in [0.25, 0.3) is 0 Å². The minimum Gasteiger partial charge on any atom is -0.459 e. The Hall–Kier alpha value is -1.63. The summed E-state index contributed by atoms with van der Waals surface area (Å²) in [6.45, 7) is 0.525. The van der Waals surface area contributed by atoms with Crippen LogP contribution in [-0.4, -0.2) is 24.0 Å². The lowest BCUT2D eigenvalue weighted by Gasteiger charge is -2.23. The summed E-state index contributed by atoms with van der Waals surface area (Å²) in [6, 6.07) is 9.13. The summed E-state index contributed by atoms with van der Waals surface area (Å²) in [5.41, 5.74) is 15.4. The van der Waals surface area contributed by atoms with Crippen molar-refractivity contribution >= 4 is 24.3 Å². The molecule has 1 unspecified atom stereocenters. The monoisotopic (exact) mass is 315 g/mol. The molecule has 1 atom stereocenters. The van der Waals surface area contributed by atoms with E-state index in [1.807, 2.05) is 30.3 Å². The van der Waals surface area contributed by atoms with Crippen LogP contribution in [0.1, 0.15) is 24.8 Å². The van der Waals surface area contributed by atoms with Gasteiger partial charge in [0, 0.05) is 0 Å². The van der Waals surface area contributed by atoms with Gasteiger partial charge in [0.15, 0.2) is 5.54 Å². The molecule has 0 aliphatic carbocycles. The number of benzene rings is 1. The number of hydrogen-bond acceptors (Lipinski definition) is 5. The second-order valence-electron chi connectivity index (χ2n) is 4.64. The third-order valence-corrected chi connectivity index (χ3v) is 3.04. The maximum absolute atomic E-state index is 12.0. The van der Waals surface area contributed by atoms with Gasteiger partial charge in [0.05, 0.1) is 0 Å². The minimum absolute atomic E-state index is 0. The Morgan fingerprint density at radius 1 is 1.14 bits per heavy atom. The quantitative estimate of drug-likeness (QED) is 0.365. The zero-order chi connectivity index (χ0) is 15.0. The molecule has 0 fully saturated rings. The SMILES string of the molecule is Cl.NCCCCC(N)(C(N)=O)C(=O)OCc1ccccc1. The summed E-state index contributed by atoms with van der Waals surface area (Å²) in [6.07, 6.45) is 1.34. The van der Waals surface area contributed by atoms with Gasteiger partial charge in [-0.05, 0) is 31.4 Å². The topological polar surface area (TPSA) is 121 Å². The van der Waals surface area contributed by atoms with Crippen LogP contribution in [-0.2, 0) is 20.9 Å². The fourth-order valence-corrected chi connectivity index (χ4v) is 1.73. The van der Waals surface area contributed by atoms with Gasteiger partial charge in [-0.15, -0.1) is 12.4 Å². The maximum Gasteiger partial charge on any atom is 0.336 e. The van der Waals surface area contributed by atoms with Crippen LogP contribution >= 0.6 is 12.4 Å². The summed E-state index contributed by atoms with van der Waals surface area (Å²) >= 11 is 0. The number of rotatable bonds is 8. The molecular weight excluding hydrogens is 294 g/mol. The van der Waals surface area contributed by atoms with E-state index < -0.39 is 17.4 Å². The molecule has 6 nitrogen and oxygen atoms in total. The molecule has 0 saturated heterocycles. The zero-order valence-electron chi connectivity index (χ0n) is 11.8. The van der Waals surface area contributed by atoms with E-state index in [1.54, 1.807) is 0 Å². The second-order valence-corrected chi connectivity index (χ2v) is 4.64. The molecule has 0 bridgehead atoms. The van der Waals surface area contributed by atoms with Gasteiger partial charge in [0.1, 0.15) is 6.61 Å². The Labute approximate surface area is 130 Å². The highest BCUT2D eigenvalue weighted by atomic mass is 35.5. The lowest BCUT2D eigenvalue weighted by atomic mass is 9.93. The van der Waals surface area contributed by atoms with Crippen LogP contribution in [0.4, 0.5) is 0 Å². The van der Waals surface area contributed by atoms with Crippen LogP contribution in [0.3, 0.4) is 0 Å². The number of primary amides is 1. The molecule has 1 aromatic rings. The van der Waals surface area contributed by atoms with Crippen molar-refractivity contribution in [3.63, 3.8) is 0 Å². The molecule has 0 aliphatic heterocycles. The smallest absolute Gasteiger partial charge is 0.336 e. The summed E-state index contributed by atoms with van der Waals surface area (Å²) < 4.78 is 5.09. The van der Waals surface area contributed by atoms with Crippen LogP contribution in [0.5, 0.6) is 0 Å². The third-order valence-electron chi connectivity index (χ3n) is 3.04. The Bertz CT molecular complexity index is 456. The Morgan fingerprint density at radius 3 is 2.29 bits per heavy atom. The fourth-order valence-electron chi connectivity index (χ4n) is 1.73. The fraction of sp³-hybridized carbons (Fsp3) is 0.429.